The van der Waals surface area contributed by atoms with E-state index in [1.807, 2.05) is 30.3 Å². The lowest BCUT2D eigenvalue weighted by Gasteiger charge is -2.27. The molecule has 3 rings (SSSR count). The molecule has 3 nitrogen and oxygen atoms in total. The number of benzene rings is 1. The molecule has 21 heavy (non-hydrogen) atoms. The van der Waals surface area contributed by atoms with Crippen molar-refractivity contribution in [3.05, 3.63) is 35.9 Å². The maximum absolute atomic E-state index is 13.0. The maximum Gasteiger partial charge on any atom is 0.163 e. The molecule has 0 spiro atoms. The summed E-state index contributed by atoms with van der Waals surface area (Å²) < 4.78 is 25.9. The molecule has 0 aliphatic heterocycles. The summed E-state index contributed by atoms with van der Waals surface area (Å²) in [6.07, 6.45) is 5.59. The van der Waals surface area contributed by atoms with Crippen molar-refractivity contribution in [1.82, 2.24) is 0 Å². The van der Waals surface area contributed by atoms with Crippen molar-refractivity contribution in [3.8, 4) is 0 Å². The van der Waals surface area contributed by atoms with Crippen LogP contribution < -0.4 is 0 Å². The molecular formula is C17H22O3S. The average molecular weight is 306 g/mol. The van der Waals surface area contributed by atoms with E-state index in [2.05, 4.69) is 0 Å². The predicted molar refractivity (Wildman–Crippen MR) is 83.0 cm³/mol. The van der Waals surface area contributed by atoms with E-state index in [0.29, 0.717) is 12.8 Å². The summed E-state index contributed by atoms with van der Waals surface area (Å²) in [6, 6.07) is 9.66. The number of rotatable bonds is 3. The maximum atomic E-state index is 13.0. The number of Topliss-reactive ketones (excluding diaryl/α,β-unsaturated/α-hetero) is 1. The minimum absolute atomic E-state index is 0.0746. The van der Waals surface area contributed by atoms with E-state index in [4.69, 9.17) is 0 Å². The van der Waals surface area contributed by atoms with Crippen LogP contribution in [0.4, 0.5) is 0 Å². The van der Waals surface area contributed by atoms with Crippen molar-refractivity contribution in [1.29, 1.82) is 0 Å². The Morgan fingerprint density at radius 2 is 1.57 bits per heavy atom. The van der Waals surface area contributed by atoms with Crippen molar-refractivity contribution < 1.29 is 13.2 Å². The van der Waals surface area contributed by atoms with Crippen molar-refractivity contribution in [2.75, 3.05) is 0 Å². The summed E-state index contributed by atoms with van der Waals surface area (Å²) in [7, 11) is -3.36. The highest BCUT2D eigenvalue weighted by Crippen LogP contribution is 2.40. The zero-order chi connectivity index (χ0) is 14.9. The molecule has 2 aliphatic carbocycles. The van der Waals surface area contributed by atoms with E-state index in [0.717, 1.165) is 37.7 Å². The first-order valence-corrected chi connectivity index (χ1v) is 9.52. The Labute approximate surface area is 126 Å². The van der Waals surface area contributed by atoms with Crippen LogP contribution in [-0.2, 0) is 14.6 Å². The van der Waals surface area contributed by atoms with E-state index < -0.39 is 15.1 Å². The zero-order valence-electron chi connectivity index (χ0n) is 12.2. The van der Waals surface area contributed by atoms with Crippen molar-refractivity contribution in [2.45, 2.75) is 61.4 Å². The number of sulfone groups is 1. The summed E-state index contributed by atoms with van der Waals surface area (Å²) in [6.45, 7) is 0. The Hall–Kier alpha value is -1.16. The minimum atomic E-state index is -3.36. The fourth-order valence-electron chi connectivity index (χ4n) is 3.87. The van der Waals surface area contributed by atoms with E-state index >= 15 is 0 Å². The molecule has 114 valence electrons. The monoisotopic (exact) mass is 306 g/mol. The molecule has 0 N–H and O–H groups in total. The Bertz CT molecular complexity index is 600. The molecule has 1 aromatic carbocycles. The fourth-order valence-corrected chi connectivity index (χ4v) is 6.51. The van der Waals surface area contributed by atoms with Crippen LogP contribution in [0.1, 0.15) is 56.4 Å². The van der Waals surface area contributed by atoms with Gasteiger partial charge in [0.2, 0.25) is 0 Å². The van der Waals surface area contributed by atoms with Crippen LogP contribution in [0.3, 0.4) is 0 Å². The molecule has 0 saturated heterocycles. The smallest absolute Gasteiger partial charge is 0.163 e. The van der Waals surface area contributed by atoms with E-state index in [1.165, 1.54) is 0 Å². The van der Waals surface area contributed by atoms with Crippen LogP contribution in [0.5, 0.6) is 0 Å². The highest BCUT2D eigenvalue weighted by Gasteiger charge is 2.47. The van der Waals surface area contributed by atoms with E-state index in [9.17, 15) is 13.2 Å². The van der Waals surface area contributed by atoms with Crippen LogP contribution in [0.2, 0.25) is 0 Å². The molecular weight excluding hydrogens is 284 g/mol. The number of hydrogen-bond donors (Lipinski definition) is 0. The molecule has 0 bridgehead atoms. The molecule has 2 saturated carbocycles. The van der Waals surface area contributed by atoms with Crippen LogP contribution in [0.25, 0.3) is 0 Å². The van der Waals surface area contributed by atoms with Gasteiger partial charge >= 0.3 is 0 Å². The van der Waals surface area contributed by atoms with Gasteiger partial charge in [0, 0.05) is 12.3 Å². The average Bonchev–Trinajstić information content (AvgIpc) is 2.91. The van der Waals surface area contributed by atoms with Gasteiger partial charge < -0.3 is 0 Å². The van der Waals surface area contributed by atoms with Crippen LogP contribution >= 0.6 is 0 Å². The topological polar surface area (TPSA) is 51.2 Å². The first-order valence-electron chi connectivity index (χ1n) is 7.91. The van der Waals surface area contributed by atoms with Crippen molar-refractivity contribution in [3.63, 3.8) is 0 Å². The van der Waals surface area contributed by atoms with Crippen LogP contribution in [-0.4, -0.2) is 24.7 Å². The number of carbonyl (C=O) groups excluding carboxylic acids is 1. The lowest BCUT2D eigenvalue weighted by atomic mass is 9.97. The largest absolute Gasteiger partial charge is 0.298 e. The second-order valence-corrected chi connectivity index (χ2v) is 8.64. The van der Waals surface area contributed by atoms with Gasteiger partial charge in [0.05, 0.1) is 5.25 Å². The normalized spacial score (nSPS) is 27.9. The summed E-state index contributed by atoms with van der Waals surface area (Å²) in [5.74, 6) is -0.222. The molecule has 2 fully saturated rings. The van der Waals surface area contributed by atoms with Gasteiger partial charge in [-0.1, -0.05) is 49.6 Å². The SMILES string of the molecule is O=C1CC[C@@H](c2ccccc2)[C@@H]1S(=O)(=O)C1CCCCC1. The number of ketones is 1. The van der Waals surface area contributed by atoms with Gasteiger partial charge in [-0.2, -0.15) is 0 Å². The highest BCUT2D eigenvalue weighted by molar-refractivity contribution is 7.93. The number of hydrogen-bond acceptors (Lipinski definition) is 3. The fraction of sp³-hybridized carbons (Fsp3) is 0.588. The molecule has 1 aromatic rings. The van der Waals surface area contributed by atoms with Gasteiger partial charge in [-0.05, 0) is 24.8 Å². The molecule has 2 atom stereocenters. The van der Waals surface area contributed by atoms with Gasteiger partial charge in [0.1, 0.15) is 5.25 Å². The summed E-state index contributed by atoms with van der Waals surface area (Å²) in [4.78, 5) is 12.3. The Morgan fingerprint density at radius 1 is 0.905 bits per heavy atom. The van der Waals surface area contributed by atoms with Gasteiger partial charge in [0.25, 0.3) is 0 Å². The lowest BCUT2D eigenvalue weighted by molar-refractivity contribution is -0.117. The number of carbonyl (C=O) groups is 1. The van der Waals surface area contributed by atoms with Gasteiger partial charge in [-0.25, -0.2) is 8.42 Å². The second kappa shape index (κ2) is 5.91. The first-order chi connectivity index (χ1) is 10.1. The van der Waals surface area contributed by atoms with Gasteiger partial charge in [0.15, 0.2) is 15.6 Å². The predicted octanol–water partition coefficient (Wildman–Crippen LogP) is 3.25. The van der Waals surface area contributed by atoms with Crippen molar-refractivity contribution >= 4 is 15.6 Å². The molecule has 2 aliphatic rings. The first kappa shape index (κ1) is 14.8. The third-order valence-corrected chi connectivity index (χ3v) is 7.68. The molecule has 0 amide bonds. The van der Waals surface area contributed by atoms with Gasteiger partial charge in [-0.3, -0.25) is 4.79 Å². The minimum Gasteiger partial charge on any atom is -0.298 e. The van der Waals surface area contributed by atoms with Gasteiger partial charge in [-0.15, -0.1) is 0 Å². The summed E-state index contributed by atoms with van der Waals surface area (Å²) >= 11 is 0. The van der Waals surface area contributed by atoms with Crippen molar-refractivity contribution in [2.24, 2.45) is 0 Å². The molecule has 0 aromatic heterocycles. The molecule has 4 heteroatoms. The zero-order valence-corrected chi connectivity index (χ0v) is 13.0. The van der Waals surface area contributed by atoms with Crippen LogP contribution in [0, 0.1) is 0 Å². The summed E-state index contributed by atoms with van der Waals surface area (Å²) in [5, 5.41) is -1.10. The molecule has 0 unspecified atom stereocenters. The Balaban J connectivity index is 1.92. The van der Waals surface area contributed by atoms with Crippen LogP contribution in [0.15, 0.2) is 30.3 Å². The molecule has 0 heterocycles. The van der Waals surface area contributed by atoms with E-state index in [1.54, 1.807) is 0 Å². The molecule has 0 radical (unpaired) electrons. The quantitative estimate of drug-likeness (QED) is 0.861. The standard InChI is InChI=1S/C17H22O3S/c18-16-12-11-15(13-7-3-1-4-8-13)17(16)21(19,20)14-9-5-2-6-10-14/h1,3-4,7-8,14-15,17H,2,5-6,9-12H2/t15-,17-/m0/s1. The van der Waals surface area contributed by atoms with E-state index in [-0.39, 0.29) is 17.0 Å². The Morgan fingerprint density at radius 3 is 2.24 bits per heavy atom. The lowest BCUT2D eigenvalue weighted by Crippen LogP contribution is -2.38. The third kappa shape index (κ3) is 2.78. The third-order valence-electron chi connectivity index (χ3n) is 4.98. The second-order valence-electron chi connectivity index (χ2n) is 6.29. The summed E-state index contributed by atoms with van der Waals surface area (Å²) in [5.41, 5.74) is 0.993. The Kier molecular flexibility index (Phi) is 4.16. The highest BCUT2D eigenvalue weighted by atomic mass is 32.2.